The second-order valence-electron chi connectivity index (χ2n) is 4.46. The van der Waals surface area contributed by atoms with Gasteiger partial charge in [-0.05, 0) is 24.3 Å². The molecule has 2 rings (SSSR count). The largest absolute Gasteiger partial charge is 0.497 e. The summed E-state index contributed by atoms with van der Waals surface area (Å²) < 4.78 is 16.5. The van der Waals surface area contributed by atoms with Crippen LogP contribution in [-0.4, -0.2) is 57.6 Å². The van der Waals surface area contributed by atoms with Crippen LogP contribution in [0.2, 0.25) is 0 Å². The number of hydrogen-bond acceptors (Lipinski definition) is 6. The van der Waals surface area contributed by atoms with Crippen LogP contribution in [0.5, 0.6) is 11.5 Å². The predicted octanol–water partition coefficient (Wildman–Crippen LogP) is 0.317. The molecule has 1 aromatic carbocycles. The Bertz CT molecular complexity index is 423. The highest BCUT2D eigenvalue weighted by atomic mass is 127. The van der Waals surface area contributed by atoms with Crippen LogP contribution in [0.3, 0.4) is 0 Å². The SMILES string of the molecule is COc1ccc(O[C@H]2O[C@H](CI)[C@@H](O)[C@H](O)[C@@H]2O)cc1. The van der Waals surface area contributed by atoms with E-state index in [4.69, 9.17) is 14.2 Å². The van der Waals surface area contributed by atoms with Crippen LogP contribution < -0.4 is 9.47 Å². The molecule has 1 heterocycles. The molecule has 0 unspecified atom stereocenters. The van der Waals surface area contributed by atoms with Crippen molar-refractivity contribution in [3.05, 3.63) is 24.3 Å². The molecule has 0 saturated carbocycles. The number of halogens is 1. The van der Waals surface area contributed by atoms with E-state index in [1.54, 1.807) is 31.4 Å². The lowest BCUT2D eigenvalue weighted by Gasteiger charge is -2.39. The molecule has 20 heavy (non-hydrogen) atoms. The lowest BCUT2D eigenvalue weighted by atomic mass is 10.00. The summed E-state index contributed by atoms with van der Waals surface area (Å²) in [5.41, 5.74) is 0. The average Bonchev–Trinajstić information content (AvgIpc) is 2.48. The molecule has 0 aromatic heterocycles. The second-order valence-corrected chi connectivity index (χ2v) is 5.34. The first kappa shape index (κ1) is 15.8. The summed E-state index contributed by atoms with van der Waals surface area (Å²) in [6.45, 7) is 0. The van der Waals surface area contributed by atoms with Crippen molar-refractivity contribution < 1.29 is 29.5 Å². The molecular formula is C13H17IO6. The van der Waals surface area contributed by atoms with Crippen molar-refractivity contribution in [2.45, 2.75) is 30.7 Å². The Kier molecular flexibility index (Phi) is 5.44. The minimum absolute atomic E-state index is 0.477. The Morgan fingerprint density at radius 3 is 2.20 bits per heavy atom. The molecule has 1 aliphatic heterocycles. The van der Waals surface area contributed by atoms with Crippen molar-refractivity contribution >= 4 is 22.6 Å². The van der Waals surface area contributed by atoms with Crippen LogP contribution in [-0.2, 0) is 4.74 Å². The highest BCUT2D eigenvalue weighted by Crippen LogP contribution is 2.26. The number of aliphatic hydroxyl groups is 3. The molecule has 3 N–H and O–H groups in total. The fourth-order valence-electron chi connectivity index (χ4n) is 1.93. The molecule has 0 spiro atoms. The van der Waals surface area contributed by atoms with Gasteiger partial charge in [0.25, 0.3) is 0 Å². The van der Waals surface area contributed by atoms with Crippen molar-refractivity contribution in [1.82, 2.24) is 0 Å². The third-order valence-corrected chi connectivity index (χ3v) is 4.00. The number of ether oxygens (including phenoxy) is 3. The van der Waals surface area contributed by atoms with Crippen LogP contribution in [0.15, 0.2) is 24.3 Å². The zero-order chi connectivity index (χ0) is 14.7. The van der Waals surface area contributed by atoms with Gasteiger partial charge in [-0.15, -0.1) is 0 Å². The Hall–Kier alpha value is -0.610. The van der Waals surface area contributed by atoms with E-state index in [1.165, 1.54) is 0 Å². The molecule has 0 radical (unpaired) electrons. The first-order valence-corrected chi connectivity index (χ1v) is 7.65. The normalized spacial score (nSPS) is 33.8. The van der Waals surface area contributed by atoms with Gasteiger partial charge in [-0.25, -0.2) is 0 Å². The highest BCUT2D eigenvalue weighted by Gasteiger charge is 2.44. The zero-order valence-corrected chi connectivity index (χ0v) is 13.0. The summed E-state index contributed by atoms with van der Waals surface area (Å²) >= 11 is 2.04. The van der Waals surface area contributed by atoms with Crippen LogP contribution >= 0.6 is 22.6 Å². The van der Waals surface area contributed by atoms with Crippen LogP contribution in [0.1, 0.15) is 0 Å². The molecule has 112 valence electrons. The molecular weight excluding hydrogens is 379 g/mol. The lowest BCUT2D eigenvalue weighted by molar-refractivity contribution is -0.266. The molecule has 1 aromatic rings. The van der Waals surface area contributed by atoms with Gasteiger partial charge in [-0.3, -0.25) is 0 Å². The summed E-state index contributed by atoms with van der Waals surface area (Å²) in [5, 5.41) is 29.4. The maximum atomic E-state index is 9.90. The maximum Gasteiger partial charge on any atom is 0.229 e. The molecule has 5 atom stereocenters. The van der Waals surface area contributed by atoms with Gasteiger partial charge in [0.1, 0.15) is 29.8 Å². The average molecular weight is 396 g/mol. The number of hydrogen-bond donors (Lipinski definition) is 3. The zero-order valence-electron chi connectivity index (χ0n) is 10.8. The standard InChI is InChI=1S/C13H17IO6/c1-18-7-2-4-8(5-3-7)19-13-12(17)11(16)10(15)9(6-14)20-13/h2-5,9-13,15-17H,6H2,1H3/t9-,10-,11+,12+,13+/m1/s1. The Morgan fingerprint density at radius 1 is 1.05 bits per heavy atom. The van der Waals surface area contributed by atoms with E-state index in [-0.39, 0.29) is 0 Å². The topological polar surface area (TPSA) is 88.4 Å². The van der Waals surface area contributed by atoms with E-state index in [0.29, 0.717) is 15.9 Å². The van der Waals surface area contributed by atoms with E-state index in [0.717, 1.165) is 0 Å². The highest BCUT2D eigenvalue weighted by molar-refractivity contribution is 14.1. The first-order chi connectivity index (χ1) is 9.56. The predicted molar refractivity (Wildman–Crippen MR) is 79.2 cm³/mol. The van der Waals surface area contributed by atoms with Crippen LogP contribution in [0.25, 0.3) is 0 Å². The van der Waals surface area contributed by atoms with Crippen molar-refractivity contribution in [3.63, 3.8) is 0 Å². The van der Waals surface area contributed by atoms with Gasteiger partial charge in [0.05, 0.1) is 13.2 Å². The minimum atomic E-state index is -1.31. The van der Waals surface area contributed by atoms with Gasteiger partial charge in [-0.1, -0.05) is 22.6 Å². The van der Waals surface area contributed by atoms with Crippen LogP contribution in [0, 0.1) is 0 Å². The number of alkyl halides is 1. The van der Waals surface area contributed by atoms with Gasteiger partial charge >= 0.3 is 0 Å². The van der Waals surface area contributed by atoms with Gasteiger partial charge in [-0.2, -0.15) is 0 Å². The Labute approximate surface area is 130 Å². The summed E-state index contributed by atoms with van der Waals surface area (Å²) in [4.78, 5) is 0. The van der Waals surface area contributed by atoms with E-state index in [9.17, 15) is 15.3 Å². The Morgan fingerprint density at radius 2 is 1.65 bits per heavy atom. The summed E-state index contributed by atoms with van der Waals surface area (Å²) in [5.74, 6) is 1.16. The molecule has 0 bridgehead atoms. The number of methoxy groups -OCH3 is 1. The number of benzene rings is 1. The molecule has 1 aliphatic rings. The summed E-state index contributed by atoms with van der Waals surface area (Å²) in [6.07, 6.45) is -5.35. The maximum absolute atomic E-state index is 9.90. The van der Waals surface area contributed by atoms with Crippen molar-refractivity contribution in [3.8, 4) is 11.5 Å². The quantitative estimate of drug-likeness (QED) is 0.502. The number of aliphatic hydroxyl groups excluding tert-OH is 3. The smallest absolute Gasteiger partial charge is 0.229 e. The summed E-state index contributed by atoms with van der Waals surface area (Å²) in [6, 6.07) is 6.77. The van der Waals surface area contributed by atoms with Crippen LogP contribution in [0.4, 0.5) is 0 Å². The monoisotopic (exact) mass is 396 g/mol. The molecule has 7 heteroatoms. The molecule has 1 fully saturated rings. The van der Waals surface area contributed by atoms with Gasteiger partial charge in [0.15, 0.2) is 0 Å². The second kappa shape index (κ2) is 6.90. The van der Waals surface area contributed by atoms with Gasteiger partial charge < -0.3 is 29.5 Å². The first-order valence-electron chi connectivity index (χ1n) is 6.13. The molecule has 1 saturated heterocycles. The molecule has 0 amide bonds. The Balaban J connectivity index is 2.06. The van der Waals surface area contributed by atoms with E-state index >= 15 is 0 Å². The molecule has 0 aliphatic carbocycles. The molecule has 6 nitrogen and oxygen atoms in total. The van der Waals surface area contributed by atoms with E-state index < -0.39 is 30.7 Å². The summed E-state index contributed by atoms with van der Waals surface area (Å²) in [7, 11) is 1.56. The van der Waals surface area contributed by atoms with E-state index in [2.05, 4.69) is 0 Å². The lowest BCUT2D eigenvalue weighted by Crippen LogP contribution is -2.59. The minimum Gasteiger partial charge on any atom is -0.497 e. The van der Waals surface area contributed by atoms with Crippen molar-refractivity contribution in [2.75, 3.05) is 11.5 Å². The van der Waals surface area contributed by atoms with Crippen molar-refractivity contribution in [2.24, 2.45) is 0 Å². The fraction of sp³-hybridized carbons (Fsp3) is 0.538. The van der Waals surface area contributed by atoms with E-state index in [1.807, 2.05) is 22.6 Å². The van der Waals surface area contributed by atoms with Gasteiger partial charge in [0.2, 0.25) is 6.29 Å². The third-order valence-electron chi connectivity index (χ3n) is 3.13. The van der Waals surface area contributed by atoms with Gasteiger partial charge in [0, 0.05) is 4.43 Å². The van der Waals surface area contributed by atoms with Crippen molar-refractivity contribution in [1.29, 1.82) is 0 Å². The fourth-order valence-corrected chi connectivity index (χ4v) is 2.66. The third kappa shape index (κ3) is 3.34. The number of rotatable bonds is 4.